The Hall–Kier alpha value is -7.34. The van der Waals surface area contributed by atoms with Gasteiger partial charge in [-0.15, -0.1) is 34.0 Å². The molecule has 64 heavy (non-hydrogen) atoms. The Morgan fingerprint density at radius 1 is 0.266 bits per heavy atom. The van der Waals surface area contributed by atoms with E-state index < -0.39 is 0 Å². The molecule has 0 bridgehead atoms. The van der Waals surface area contributed by atoms with Gasteiger partial charge < -0.3 is 4.90 Å². The van der Waals surface area contributed by atoms with E-state index in [4.69, 9.17) is 0 Å². The van der Waals surface area contributed by atoms with E-state index >= 15 is 0 Å². The van der Waals surface area contributed by atoms with Crippen LogP contribution in [0, 0.1) is 0 Å². The number of hydrogen-bond donors (Lipinski definition) is 0. The Morgan fingerprint density at radius 2 is 0.766 bits per heavy atom. The number of benzene rings is 10. The van der Waals surface area contributed by atoms with E-state index in [9.17, 15) is 0 Å². The third-order valence-corrected chi connectivity index (χ3v) is 16.2. The molecule has 1 nitrogen and oxygen atoms in total. The molecule has 4 heteroatoms. The lowest BCUT2D eigenvalue weighted by Gasteiger charge is -2.27. The second kappa shape index (κ2) is 15.2. The fourth-order valence-corrected chi connectivity index (χ4v) is 13.3. The van der Waals surface area contributed by atoms with E-state index in [2.05, 4.69) is 229 Å². The average Bonchev–Trinajstić information content (AvgIpc) is 4.06. The lowest BCUT2D eigenvalue weighted by molar-refractivity contribution is 1.31. The largest absolute Gasteiger partial charge is 0.310 e. The molecule has 13 aromatic rings. The zero-order valence-electron chi connectivity index (χ0n) is 34.5. The number of hydrogen-bond acceptors (Lipinski definition) is 4. The van der Waals surface area contributed by atoms with Gasteiger partial charge in [0, 0.05) is 71.9 Å². The SMILES string of the molecule is c1ccc(-c2ccc3c(c2)sc2c(-c4ccccc4)ccc(N(c4ccc5sc6ccccc6c5c4)c4ccc5sc6c(-c7ccccc7)ccc(-c7ccccc7)c6c5c4)c23)cc1. The highest BCUT2D eigenvalue weighted by molar-refractivity contribution is 7.27. The molecule has 3 heterocycles. The van der Waals surface area contributed by atoms with Crippen LogP contribution >= 0.6 is 34.0 Å². The van der Waals surface area contributed by atoms with Gasteiger partial charge in [-0.25, -0.2) is 0 Å². The van der Waals surface area contributed by atoms with E-state index in [1.807, 2.05) is 34.0 Å². The highest BCUT2D eigenvalue weighted by atomic mass is 32.1. The van der Waals surface area contributed by atoms with Gasteiger partial charge in [-0.1, -0.05) is 170 Å². The van der Waals surface area contributed by atoms with Crippen molar-refractivity contribution in [2.24, 2.45) is 0 Å². The Bertz CT molecular complexity index is 3880. The summed E-state index contributed by atoms with van der Waals surface area (Å²) in [5.74, 6) is 0. The average molecular weight is 868 g/mol. The summed E-state index contributed by atoms with van der Waals surface area (Å²) in [5.41, 5.74) is 13.3. The Morgan fingerprint density at radius 3 is 1.44 bits per heavy atom. The predicted octanol–water partition coefficient (Wildman–Crippen LogP) is 18.9. The van der Waals surface area contributed by atoms with Crippen LogP contribution < -0.4 is 4.90 Å². The van der Waals surface area contributed by atoms with Crippen LogP contribution in [0.15, 0.2) is 224 Å². The molecule has 0 saturated carbocycles. The van der Waals surface area contributed by atoms with Crippen molar-refractivity contribution >= 4 is 112 Å². The number of nitrogens with zero attached hydrogens (tertiary/aromatic N) is 1. The van der Waals surface area contributed by atoms with Gasteiger partial charge in [-0.3, -0.25) is 0 Å². The van der Waals surface area contributed by atoms with Gasteiger partial charge in [-0.05, 0) is 99.1 Å². The maximum atomic E-state index is 2.53. The fraction of sp³-hybridized carbons (Fsp3) is 0. The molecule has 0 fully saturated rings. The summed E-state index contributed by atoms with van der Waals surface area (Å²) in [5, 5.41) is 7.67. The molecule has 0 N–H and O–H groups in total. The number of fused-ring (bicyclic) bond motifs is 9. The van der Waals surface area contributed by atoms with Crippen molar-refractivity contribution in [3.63, 3.8) is 0 Å². The molecule has 0 radical (unpaired) electrons. The molecule has 13 rings (SSSR count). The molecule has 0 aliphatic rings. The molecule has 0 unspecified atom stereocenters. The molecule has 0 aliphatic carbocycles. The number of rotatable bonds is 7. The highest BCUT2D eigenvalue weighted by Gasteiger charge is 2.24. The summed E-state index contributed by atoms with van der Waals surface area (Å²) >= 11 is 5.67. The van der Waals surface area contributed by atoms with Crippen molar-refractivity contribution in [1.82, 2.24) is 0 Å². The van der Waals surface area contributed by atoms with Gasteiger partial charge in [0.25, 0.3) is 0 Å². The first-order chi connectivity index (χ1) is 31.7. The van der Waals surface area contributed by atoms with E-state index in [-0.39, 0.29) is 0 Å². The fourth-order valence-electron chi connectivity index (χ4n) is 9.69. The normalized spacial score (nSPS) is 11.8. The van der Waals surface area contributed by atoms with Crippen LogP contribution in [-0.4, -0.2) is 0 Å². The summed E-state index contributed by atoms with van der Waals surface area (Å²) in [4.78, 5) is 2.53. The minimum Gasteiger partial charge on any atom is -0.310 e. The molecule has 0 spiro atoms. The van der Waals surface area contributed by atoms with Crippen molar-refractivity contribution < 1.29 is 0 Å². The van der Waals surface area contributed by atoms with Crippen LogP contribution in [0.25, 0.3) is 105 Å². The van der Waals surface area contributed by atoms with E-state index in [0.29, 0.717) is 0 Å². The van der Waals surface area contributed by atoms with Crippen LogP contribution in [0.5, 0.6) is 0 Å². The smallest absolute Gasteiger partial charge is 0.0555 e. The summed E-state index contributed by atoms with van der Waals surface area (Å²) in [7, 11) is 0. The summed E-state index contributed by atoms with van der Waals surface area (Å²) in [6.45, 7) is 0. The van der Waals surface area contributed by atoms with Crippen molar-refractivity contribution in [3.8, 4) is 44.5 Å². The van der Waals surface area contributed by atoms with Gasteiger partial charge in [0.05, 0.1) is 5.69 Å². The quantitative estimate of drug-likeness (QED) is 0.154. The standard InChI is InChI=1S/C60H37NS3/c1-5-15-38(16-6-1)42-25-28-49-56(35-42)64-60-47(41-21-11-4-12-22-41)31-32-52(58(49)60)61(43-26-33-54-50(36-43)48-23-13-14-24-53(48)62-54)44-27-34-55-51(37-44)57-45(39-17-7-2-8-18-39)29-30-46(59(57)63-55)40-19-9-3-10-20-40/h1-37H. The second-order valence-electron chi connectivity index (χ2n) is 16.4. The lowest BCUT2D eigenvalue weighted by Crippen LogP contribution is -2.10. The van der Waals surface area contributed by atoms with Crippen LogP contribution in [-0.2, 0) is 0 Å². The summed E-state index contributed by atoms with van der Waals surface area (Å²) in [6.07, 6.45) is 0. The number of thiophene rings is 3. The zero-order valence-corrected chi connectivity index (χ0v) is 37.0. The molecule has 300 valence electrons. The third-order valence-electron chi connectivity index (χ3n) is 12.7. The molecular formula is C60H37NS3. The zero-order chi connectivity index (χ0) is 42.1. The van der Waals surface area contributed by atoms with Gasteiger partial charge in [-0.2, -0.15) is 0 Å². The summed E-state index contributed by atoms with van der Waals surface area (Å²) < 4.78 is 7.76. The molecule has 0 amide bonds. The van der Waals surface area contributed by atoms with Gasteiger partial charge in [0.15, 0.2) is 0 Å². The first-order valence-electron chi connectivity index (χ1n) is 21.7. The molecule has 0 atom stereocenters. The second-order valence-corrected chi connectivity index (χ2v) is 19.6. The molecule has 3 aromatic heterocycles. The lowest BCUT2D eigenvalue weighted by atomic mass is 9.94. The predicted molar refractivity (Wildman–Crippen MR) is 282 cm³/mol. The topological polar surface area (TPSA) is 3.24 Å². The monoisotopic (exact) mass is 867 g/mol. The van der Waals surface area contributed by atoms with Gasteiger partial charge in [0.2, 0.25) is 0 Å². The Kier molecular flexibility index (Phi) is 8.83. The first kappa shape index (κ1) is 37.2. The van der Waals surface area contributed by atoms with Crippen molar-refractivity contribution in [2.75, 3.05) is 4.90 Å². The van der Waals surface area contributed by atoms with Crippen molar-refractivity contribution in [3.05, 3.63) is 224 Å². The molecule has 0 saturated heterocycles. The maximum Gasteiger partial charge on any atom is 0.0555 e. The van der Waals surface area contributed by atoms with E-state index in [1.54, 1.807) is 0 Å². The van der Waals surface area contributed by atoms with E-state index in [0.717, 1.165) is 11.4 Å². The van der Waals surface area contributed by atoms with Gasteiger partial charge in [0.1, 0.15) is 0 Å². The minimum atomic E-state index is 1.13. The van der Waals surface area contributed by atoms with Crippen LogP contribution in [0.3, 0.4) is 0 Å². The molecule has 0 aliphatic heterocycles. The van der Waals surface area contributed by atoms with E-state index in [1.165, 1.54) is 111 Å². The molecular weight excluding hydrogens is 831 g/mol. The Balaban J connectivity index is 1.11. The Labute approximate surface area is 383 Å². The molecule has 10 aromatic carbocycles. The maximum absolute atomic E-state index is 2.53. The third kappa shape index (κ3) is 6.10. The van der Waals surface area contributed by atoms with Crippen molar-refractivity contribution in [2.45, 2.75) is 0 Å². The summed E-state index contributed by atoms with van der Waals surface area (Å²) in [6, 6.07) is 82.9. The minimum absolute atomic E-state index is 1.13. The van der Waals surface area contributed by atoms with Gasteiger partial charge >= 0.3 is 0 Å². The van der Waals surface area contributed by atoms with Crippen LogP contribution in [0.4, 0.5) is 17.1 Å². The highest BCUT2D eigenvalue weighted by Crippen LogP contribution is 2.52. The first-order valence-corrected chi connectivity index (χ1v) is 24.1. The van der Waals surface area contributed by atoms with Crippen molar-refractivity contribution in [1.29, 1.82) is 0 Å². The van der Waals surface area contributed by atoms with Crippen LogP contribution in [0.1, 0.15) is 0 Å². The van der Waals surface area contributed by atoms with Crippen LogP contribution in [0.2, 0.25) is 0 Å². The number of anilines is 3.